The summed E-state index contributed by atoms with van der Waals surface area (Å²) in [6.07, 6.45) is -0.532. The molecule has 1 saturated heterocycles. The van der Waals surface area contributed by atoms with Crippen molar-refractivity contribution in [3.63, 3.8) is 0 Å². The molecule has 1 aromatic rings. The van der Waals surface area contributed by atoms with Crippen LogP contribution in [0.15, 0.2) is 30.3 Å². The van der Waals surface area contributed by atoms with E-state index in [2.05, 4.69) is 0 Å². The number of carboxylic acids is 1. The molecule has 1 atom stereocenters. The third-order valence-electron chi connectivity index (χ3n) is 3.98. The number of nitrogens with zero attached hydrogens (tertiary/aromatic N) is 1. The molecule has 0 aromatic heterocycles. The number of benzene rings is 1. The lowest BCUT2D eigenvalue weighted by Gasteiger charge is -2.37. The van der Waals surface area contributed by atoms with Gasteiger partial charge in [-0.2, -0.15) is 0 Å². The van der Waals surface area contributed by atoms with Crippen molar-refractivity contribution in [2.45, 2.75) is 33.0 Å². The van der Waals surface area contributed by atoms with Gasteiger partial charge in [0.2, 0.25) is 5.91 Å². The van der Waals surface area contributed by atoms with E-state index in [1.807, 2.05) is 44.2 Å². The fraction of sp³-hybridized carbons (Fsp3) is 0.556. The predicted molar refractivity (Wildman–Crippen MR) is 88.5 cm³/mol. The lowest BCUT2D eigenvalue weighted by Crippen LogP contribution is -2.51. The molecule has 1 fully saturated rings. The zero-order chi connectivity index (χ0) is 17.6. The van der Waals surface area contributed by atoms with Crippen LogP contribution in [0.4, 0.5) is 0 Å². The molecule has 1 N–H and O–H groups in total. The Bertz CT molecular complexity index is 558. The van der Waals surface area contributed by atoms with Gasteiger partial charge in [0.1, 0.15) is 0 Å². The quantitative estimate of drug-likeness (QED) is 0.824. The molecule has 0 spiro atoms. The van der Waals surface area contributed by atoms with Gasteiger partial charge in [0.15, 0.2) is 0 Å². The highest BCUT2D eigenvalue weighted by Gasteiger charge is 2.35. The number of aliphatic carboxylic acids is 1. The van der Waals surface area contributed by atoms with E-state index in [0.717, 1.165) is 5.56 Å². The van der Waals surface area contributed by atoms with Gasteiger partial charge in [-0.15, -0.1) is 0 Å². The summed E-state index contributed by atoms with van der Waals surface area (Å²) >= 11 is 0. The van der Waals surface area contributed by atoms with Crippen LogP contribution in [-0.4, -0.2) is 54.3 Å². The summed E-state index contributed by atoms with van der Waals surface area (Å²) in [5.41, 5.74) is 0.397. The number of carbonyl (C=O) groups excluding carboxylic acids is 1. The summed E-state index contributed by atoms with van der Waals surface area (Å²) in [6, 6.07) is 9.81. The molecule has 1 aliphatic rings. The minimum Gasteiger partial charge on any atom is -0.481 e. The number of amides is 1. The van der Waals surface area contributed by atoms with Crippen molar-refractivity contribution >= 4 is 11.9 Å². The molecule has 6 nitrogen and oxygen atoms in total. The predicted octanol–water partition coefficient (Wildman–Crippen LogP) is 1.93. The number of hydrogen-bond acceptors (Lipinski definition) is 4. The Morgan fingerprint density at radius 3 is 2.71 bits per heavy atom. The average Bonchev–Trinajstić information content (AvgIpc) is 2.54. The number of rotatable bonds is 7. The second-order valence-electron chi connectivity index (χ2n) is 6.70. The lowest BCUT2D eigenvalue weighted by molar-refractivity contribution is -0.155. The summed E-state index contributed by atoms with van der Waals surface area (Å²) in [7, 11) is 0. The molecular formula is C18H25NO5. The van der Waals surface area contributed by atoms with E-state index in [1.165, 1.54) is 0 Å². The number of carboxylic acid groups (broad SMARTS) is 1. The van der Waals surface area contributed by atoms with Crippen LogP contribution in [0.1, 0.15) is 25.8 Å². The monoisotopic (exact) mass is 335 g/mol. The van der Waals surface area contributed by atoms with Gasteiger partial charge in [-0.3, -0.25) is 9.59 Å². The zero-order valence-corrected chi connectivity index (χ0v) is 14.2. The molecule has 1 aromatic carbocycles. The Labute approximate surface area is 142 Å². The molecule has 0 saturated carbocycles. The first-order valence-corrected chi connectivity index (χ1v) is 8.13. The fourth-order valence-corrected chi connectivity index (χ4v) is 2.71. The fourth-order valence-electron chi connectivity index (χ4n) is 2.71. The van der Waals surface area contributed by atoms with Gasteiger partial charge in [0, 0.05) is 13.1 Å². The van der Waals surface area contributed by atoms with Gasteiger partial charge >= 0.3 is 5.97 Å². The van der Waals surface area contributed by atoms with Gasteiger partial charge in [0.05, 0.1) is 37.8 Å². The number of carbonyl (C=O) groups is 2. The Hall–Kier alpha value is -1.92. The molecule has 6 heteroatoms. The van der Waals surface area contributed by atoms with Crippen LogP contribution in [0.2, 0.25) is 0 Å². The van der Waals surface area contributed by atoms with Crippen LogP contribution in [0.25, 0.3) is 0 Å². The Morgan fingerprint density at radius 2 is 2.04 bits per heavy atom. The van der Waals surface area contributed by atoms with Crippen molar-refractivity contribution in [2.75, 3.05) is 26.3 Å². The summed E-state index contributed by atoms with van der Waals surface area (Å²) in [5, 5.41) is 8.87. The van der Waals surface area contributed by atoms with E-state index in [9.17, 15) is 9.59 Å². The van der Waals surface area contributed by atoms with Crippen molar-refractivity contribution in [1.82, 2.24) is 4.90 Å². The smallest absolute Gasteiger partial charge is 0.306 e. The maximum Gasteiger partial charge on any atom is 0.306 e. The maximum atomic E-state index is 12.7. The first-order chi connectivity index (χ1) is 11.4. The topological polar surface area (TPSA) is 76.1 Å². The Morgan fingerprint density at radius 1 is 1.33 bits per heavy atom. The van der Waals surface area contributed by atoms with Crippen LogP contribution >= 0.6 is 0 Å². The third kappa shape index (κ3) is 5.32. The number of ether oxygens (including phenoxy) is 2. The molecule has 0 bridgehead atoms. The van der Waals surface area contributed by atoms with E-state index in [4.69, 9.17) is 14.6 Å². The molecule has 0 aliphatic carbocycles. The Kier molecular flexibility index (Phi) is 6.34. The van der Waals surface area contributed by atoms with Crippen molar-refractivity contribution < 1.29 is 24.2 Å². The molecule has 24 heavy (non-hydrogen) atoms. The van der Waals surface area contributed by atoms with Crippen LogP contribution in [-0.2, 0) is 25.7 Å². The highest BCUT2D eigenvalue weighted by atomic mass is 16.5. The molecule has 1 heterocycles. The van der Waals surface area contributed by atoms with Gasteiger partial charge in [-0.05, 0) is 19.4 Å². The van der Waals surface area contributed by atoms with Crippen LogP contribution < -0.4 is 0 Å². The summed E-state index contributed by atoms with van der Waals surface area (Å²) < 4.78 is 11.1. The van der Waals surface area contributed by atoms with Crippen LogP contribution in [0.5, 0.6) is 0 Å². The average molecular weight is 335 g/mol. The van der Waals surface area contributed by atoms with Crippen molar-refractivity contribution in [3.05, 3.63) is 35.9 Å². The van der Waals surface area contributed by atoms with E-state index < -0.39 is 17.5 Å². The Balaban J connectivity index is 1.85. The number of morpholine rings is 1. The zero-order valence-electron chi connectivity index (χ0n) is 14.2. The van der Waals surface area contributed by atoms with Gasteiger partial charge in [-0.1, -0.05) is 30.3 Å². The van der Waals surface area contributed by atoms with Gasteiger partial charge < -0.3 is 19.5 Å². The lowest BCUT2D eigenvalue weighted by atomic mass is 9.92. The second-order valence-corrected chi connectivity index (χ2v) is 6.70. The number of hydrogen-bond donors (Lipinski definition) is 1. The summed E-state index contributed by atoms with van der Waals surface area (Å²) in [5.74, 6) is -0.950. The third-order valence-corrected chi connectivity index (χ3v) is 3.98. The van der Waals surface area contributed by atoms with E-state index in [1.54, 1.807) is 4.90 Å². The SMILES string of the molecule is CC(C)(COCc1ccccc1)C(=O)N1CCOC(CC(=O)O)C1. The normalized spacial score (nSPS) is 18.4. The molecular weight excluding hydrogens is 310 g/mol. The van der Waals surface area contributed by atoms with Crippen molar-refractivity contribution in [1.29, 1.82) is 0 Å². The molecule has 1 amide bonds. The van der Waals surface area contributed by atoms with E-state index >= 15 is 0 Å². The standard InChI is InChI=1S/C18H25NO5/c1-18(2,13-23-12-14-6-4-3-5-7-14)17(22)19-8-9-24-15(11-19)10-16(20)21/h3-7,15H,8-13H2,1-2H3,(H,20,21). The maximum absolute atomic E-state index is 12.7. The first-order valence-electron chi connectivity index (χ1n) is 8.13. The van der Waals surface area contributed by atoms with E-state index in [0.29, 0.717) is 32.9 Å². The summed E-state index contributed by atoms with van der Waals surface area (Å²) in [6.45, 7) is 5.63. The summed E-state index contributed by atoms with van der Waals surface area (Å²) in [4.78, 5) is 25.2. The highest BCUT2D eigenvalue weighted by Crippen LogP contribution is 2.22. The first kappa shape index (κ1) is 18.4. The van der Waals surface area contributed by atoms with Crippen molar-refractivity contribution in [2.24, 2.45) is 5.41 Å². The molecule has 2 rings (SSSR count). The van der Waals surface area contributed by atoms with Crippen LogP contribution in [0.3, 0.4) is 0 Å². The highest BCUT2D eigenvalue weighted by molar-refractivity contribution is 5.82. The van der Waals surface area contributed by atoms with Crippen molar-refractivity contribution in [3.8, 4) is 0 Å². The molecule has 1 aliphatic heterocycles. The largest absolute Gasteiger partial charge is 0.481 e. The second kappa shape index (κ2) is 8.26. The van der Waals surface area contributed by atoms with Crippen LogP contribution in [0, 0.1) is 5.41 Å². The van der Waals surface area contributed by atoms with E-state index in [-0.39, 0.29) is 12.3 Å². The minimum atomic E-state index is -0.917. The van der Waals surface area contributed by atoms with Gasteiger partial charge in [0.25, 0.3) is 0 Å². The minimum absolute atomic E-state index is 0.0331. The molecule has 132 valence electrons. The molecule has 1 unspecified atom stereocenters. The van der Waals surface area contributed by atoms with Gasteiger partial charge in [-0.25, -0.2) is 0 Å². The molecule has 0 radical (unpaired) electrons.